The maximum atomic E-state index is 13.2. The van der Waals surface area contributed by atoms with Gasteiger partial charge in [-0.25, -0.2) is 4.98 Å². The van der Waals surface area contributed by atoms with Gasteiger partial charge >= 0.3 is 5.97 Å². The average molecular weight is 390 g/mol. The van der Waals surface area contributed by atoms with Gasteiger partial charge in [0, 0.05) is 23.7 Å². The lowest BCUT2D eigenvalue weighted by Crippen LogP contribution is -2.37. The lowest BCUT2D eigenvalue weighted by atomic mass is 10.0. The second-order valence-electron chi connectivity index (χ2n) is 7.41. The summed E-state index contributed by atoms with van der Waals surface area (Å²) in [4.78, 5) is 30.6. The van der Waals surface area contributed by atoms with Crippen LogP contribution in [0.25, 0.3) is 22.8 Å². The molecule has 1 amide bonds. The van der Waals surface area contributed by atoms with Crippen molar-refractivity contribution in [3.8, 4) is 22.8 Å². The van der Waals surface area contributed by atoms with E-state index in [4.69, 9.17) is 4.42 Å². The number of carbonyl (C=O) groups is 2. The molecule has 2 heterocycles. The summed E-state index contributed by atoms with van der Waals surface area (Å²) in [5.74, 6) is -0.613. The van der Waals surface area contributed by atoms with Gasteiger partial charge in [0.2, 0.25) is 5.89 Å². The van der Waals surface area contributed by atoms with Crippen LogP contribution >= 0.6 is 0 Å². The minimum Gasteiger partial charge on any atom is -0.481 e. The highest BCUT2D eigenvalue weighted by Crippen LogP contribution is 2.31. The summed E-state index contributed by atoms with van der Waals surface area (Å²) in [6.07, 6.45) is 2.11. The second kappa shape index (κ2) is 7.54. The fourth-order valence-corrected chi connectivity index (χ4v) is 3.82. The molecule has 1 aromatic heterocycles. The van der Waals surface area contributed by atoms with Crippen LogP contribution in [0.3, 0.4) is 0 Å². The summed E-state index contributed by atoms with van der Waals surface area (Å²) in [6, 6.07) is 14.7. The molecule has 1 aliphatic heterocycles. The smallest absolute Gasteiger partial charge is 0.308 e. The van der Waals surface area contributed by atoms with Crippen molar-refractivity contribution in [1.82, 2.24) is 9.88 Å². The zero-order valence-electron chi connectivity index (χ0n) is 16.3. The highest BCUT2D eigenvalue weighted by Gasteiger charge is 2.39. The summed E-state index contributed by atoms with van der Waals surface area (Å²) in [5.41, 5.74) is 3.13. The molecule has 1 fully saturated rings. The second-order valence-corrected chi connectivity index (χ2v) is 7.41. The summed E-state index contributed by atoms with van der Waals surface area (Å²) in [7, 11) is 0. The lowest BCUT2D eigenvalue weighted by Gasteiger charge is -2.24. The van der Waals surface area contributed by atoms with Crippen molar-refractivity contribution in [2.24, 2.45) is 5.92 Å². The maximum Gasteiger partial charge on any atom is 0.308 e. The number of aliphatic carboxylic acids is 1. The van der Waals surface area contributed by atoms with E-state index < -0.39 is 11.9 Å². The van der Waals surface area contributed by atoms with E-state index in [1.807, 2.05) is 37.3 Å². The van der Waals surface area contributed by atoms with Gasteiger partial charge in [0.1, 0.15) is 0 Å². The summed E-state index contributed by atoms with van der Waals surface area (Å²) < 4.78 is 5.96. The van der Waals surface area contributed by atoms with Gasteiger partial charge in [-0.2, -0.15) is 0 Å². The molecule has 0 spiro atoms. The topological polar surface area (TPSA) is 83.6 Å². The number of amides is 1. The van der Waals surface area contributed by atoms with E-state index in [9.17, 15) is 14.7 Å². The maximum absolute atomic E-state index is 13.2. The Morgan fingerprint density at radius 1 is 1.14 bits per heavy atom. The zero-order chi connectivity index (χ0) is 20.5. The lowest BCUT2D eigenvalue weighted by molar-refractivity contribution is -0.142. The first-order valence-corrected chi connectivity index (χ1v) is 9.61. The summed E-state index contributed by atoms with van der Waals surface area (Å²) >= 11 is 0. The van der Waals surface area contributed by atoms with Crippen molar-refractivity contribution in [1.29, 1.82) is 0 Å². The number of rotatable bonds is 4. The Hall–Kier alpha value is -3.41. The van der Waals surface area contributed by atoms with Crippen molar-refractivity contribution >= 4 is 11.9 Å². The van der Waals surface area contributed by atoms with Crippen LogP contribution in [0.5, 0.6) is 0 Å². The monoisotopic (exact) mass is 390 g/mol. The third kappa shape index (κ3) is 3.53. The normalized spacial score (nSPS) is 18.8. The van der Waals surface area contributed by atoms with Crippen LogP contribution in [0, 0.1) is 12.8 Å². The fraction of sp³-hybridized carbons (Fsp3) is 0.261. The van der Waals surface area contributed by atoms with Gasteiger partial charge in [-0.1, -0.05) is 42.0 Å². The first-order valence-electron chi connectivity index (χ1n) is 9.61. The first-order chi connectivity index (χ1) is 14.0. The number of aryl methyl sites for hydroxylation is 1. The molecular weight excluding hydrogens is 368 g/mol. The van der Waals surface area contributed by atoms with E-state index in [0.29, 0.717) is 35.7 Å². The Kier molecular flexibility index (Phi) is 4.92. The first kappa shape index (κ1) is 18.9. The van der Waals surface area contributed by atoms with Crippen molar-refractivity contribution in [2.75, 3.05) is 6.54 Å². The molecule has 0 aliphatic carbocycles. The SMILES string of the molecule is Cc1ccc(-c2cnc(-c3ccccc3C(=O)N3CCC(C(=O)O)C3C)o2)cc1. The van der Waals surface area contributed by atoms with Gasteiger partial charge in [-0.15, -0.1) is 0 Å². The van der Waals surface area contributed by atoms with Crippen molar-refractivity contribution in [3.05, 3.63) is 65.9 Å². The molecule has 3 aromatic rings. The van der Waals surface area contributed by atoms with E-state index in [1.165, 1.54) is 0 Å². The zero-order valence-corrected chi connectivity index (χ0v) is 16.3. The quantitative estimate of drug-likeness (QED) is 0.720. The summed E-state index contributed by atoms with van der Waals surface area (Å²) in [6.45, 7) is 4.23. The fourth-order valence-electron chi connectivity index (χ4n) is 3.82. The largest absolute Gasteiger partial charge is 0.481 e. The molecule has 6 nitrogen and oxygen atoms in total. The number of hydrogen-bond donors (Lipinski definition) is 1. The van der Waals surface area contributed by atoms with E-state index in [0.717, 1.165) is 11.1 Å². The Morgan fingerprint density at radius 3 is 2.55 bits per heavy atom. The molecule has 1 N–H and O–H groups in total. The number of aromatic nitrogens is 1. The number of oxazole rings is 1. The third-order valence-corrected chi connectivity index (χ3v) is 5.56. The average Bonchev–Trinajstić information content (AvgIpc) is 3.35. The minimum atomic E-state index is -0.864. The van der Waals surface area contributed by atoms with Gasteiger partial charge in [0.05, 0.1) is 17.7 Å². The van der Waals surface area contributed by atoms with Crippen LogP contribution in [-0.2, 0) is 4.79 Å². The Bertz CT molecular complexity index is 1050. The molecule has 29 heavy (non-hydrogen) atoms. The predicted octanol–water partition coefficient (Wildman–Crippen LogP) is 4.25. The van der Waals surface area contributed by atoms with E-state index >= 15 is 0 Å². The van der Waals surface area contributed by atoms with Crippen LogP contribution in [0.1, 0.15) is 29.3 Å². The number of carbonyl (C=O) groups excluding carboxylic acids is 1. The standard InChI is InChI=1S/C23H22N2O4/c1-14-7-9-16(10-8-14)20-13-24-21(29-20)18-5-3-4-6-19(18)22(26)25-12-11-17(15(25)2)23(27)28/h3-10,13,15,17H,11-12H2,1-2H3,(H,27,28). The van der Waals surface area contributed by atoms with Crippen LogP contribution in [0.15, 0.2) is 59.1 Å². The highest BCUT2D eigenvalue weighted by atomic mass is 16.4. The number of nitrogens with zero attached hydrogens (tertiary/aromatic N) is 2. The summed E-state index contributed by atoms with van der Waals surface area (Å²) in [5, 5.41) is 9.35. The van der Waals surface area contributed by atoms with E-state index in [2.05, 4.69) is 4.98 Å². The van der Waals surface area contributed by atoms with Gasteiger partial charge in [-0.05, 0) is 32.4 Å². The van der Waals surface area contributed by atoms with Crippen molar-refractivity contribution in [3.63, 3.8) is 0 Å². The number of likely N-dealkylation sites (tertiary alicyclic amines) is 1. The van der Waals surface area contributed by atoms with Gasteiger partial charge in [0.25, 0.3) is 5.91 Å². The van der Waals surface area contributed by atoms with Crippen LogP contribution in [0.4, 0.5) is 0 Å². The molecule has 0 radical (unpaired) electrons. The third-order valence-electron chi connectivity index (χ3n) is 5.56. The van der Waals surface area contributed by atoms with Crippen LogP contribution < -0.4 is 0 Å². The Morgan fingerprint density at radius 2 is 1.86 bits per heavy atom. The molecule has 0 saturated carbocycles. The number of carboxylic acids is 1. The number of carboxylic acid groups (broad SMARTS) is 1. The molecular formula is C23H22N2O4. The molecule has 0 bridgehead atoms. The van der Waals surface area contributed by atoms with Crippen LogP contribution in [0.2, 0.25) is 0 Å². The molecule has 6 heteroatoms. The van der Waals surface area contributed by atoms with Gasteiger partial charge in [0.15, 0.2) is 5.76 Å². The molecule has 2 unspecified atom stereocenters. The molecule has 2 atom stereocenters. The molecule has 2 aromatic carbocycles. The van der Waals surface area contributed by atoms with Crippen molar-refractivity contribution < 1.29 is 19.1 Å². The molecule has 4 rings (SSSR count). The highest BCUT2D eigenvalue weighted by molar-refractivity contribution is 6.00. The minimum absolute atomic E-state index is 0.202. The van der Waals surface area contributed by atoms with E-state index in [-0.39, 0.29) is 11.9 Å². The van der Waals surface area contributed by atoms with Gasteiger partial charge < -0.3 is 14.4 Å². The van der Waals surface area contributed by atoms with Crippen LogP contribution in [-0.4, -0.2) is 39.5 Å². The molecule has 1 saturated heterocycles. The molecule has 1 aliphatic rings. The predicted molar refractivity (Wildman–Crippen MR) is 108 cm³/mol. The number of hydrogen-bond acceptors (Lipinski definition) is 4. The molecule has 148 valence electrons. The Labute approximate surface area is 168 Å². The van der Waals surface area contributed by atoms with Crippen molar-refractivity contribution in [2.45, 2.75) is 26.3 Å². The van der Waals surface area contributed by atoms with Gasteiger partial charge in [-0.3, -0.25) is 9.59 Å². The Balaban J connectivity index is 1.65. The van der Waals surface area contributed by atoms with E-state index in [1.54, 1.807) is 36.2 Å². The number of benzene rings is 2.